The number of nitrogens with one attached hydrogen (secondary N) is 2. The second kappa shape index (κ2) is 11.6. The second-order valence-corrected chi connectivity index (χ2v) is 9.67. The number of rotatable bonds is 6. The molecule has 11 heteroatoms. The minimum atomic E-state index is -0.993. The van der Waals surface area contributed by atoms with Crippen molar-refractivity contribution in [3.8, 4) is 5.75 Å². The standard InChI is InChI=1S/C26H34N4O7/c1-36-17-9-7-16(8-10-17)15-19-26(35)30-14-4-5-20(30)23(32)27-18(11-12-22(31)37-2)25(34)29-13-3-6-21(29)24(33)28-19/h7-10,18-21H,3-6,11-15H2,1-2H3,(H,27,32)(H,28,33)/t18-,19-,20+,21+/m0/s1. The highest BCUT2D eigenvalue weighted by Crippen LogP contribution is 2.24. The van der Waals surface area contributed by atoms with Crippen molar-refractivity contribution in [1.29, 1.82) is 0 Å². The Balaban J connectivity index is 1.63. The Kier molecular flexibility index (Phi) is 8.30. The third-order valence-corrected chi connectivity index (χ3v) is 7.37. The summed E-state index contributed by atoms with van der Waals surface area (Å²) in [4.78, 5) is 68.7. The minimum absolute atomic E-state index is 0.0445. The normalized spacial score (nSPS) is 26.4. The average molecular weight is 515 g/mol. The van der Waals surface area contributed by atoms with Crippen molar-refractivity contribution in [2.75, 3.05) is 27.3 Å². The van der Waals surface area contributed by atoms with E-state index in [1.54, 1.807) is 19.2 Å². The first-order valence-electron chi connectivity index (χ1n) is 12.7. The van der Waals surface area contributed by atoms with Gasteiger partial charge in [-0.05, 0) is 49.8 Å². The molecule has 4 amide bonds. The van der Waals surface area contributed by atoms with Crippen LogP contribution in [0.1, 0.15) is 44.1 Å². The van der Waals surface area contributed by atoms with E-state index in [0.717, 1.165) is 5.56 Å². The van der Waals surface area contributed by atoms with Gasteiger partial charge >= 0.3 is 5.97 Å². The molecule has 3 heterocycles. The van der Waals surface area contributed by atoms with E-state index in [0.29, 0.717) is 44.5 Å². The van der Waals surface area contributed by atoms with Crippen molar-refractivity contribution < 1.29 is 33.4 Å². The van der Waals surface area contributed by atoms with Crippen molar-refractivity contribution in [2.24, 2.45) is 0 Å². The number of amides is 4. The lowest BCUT2D eigenvalue weighted by Crippen LogP contribution is -2.61. The van der Waals surface area contributed by atoms with Crippen LogP contribution < -0.4 is 15.4 Å². The highest BCUT2D eigenvalue weighted by molar-refractivity contribution is 5.98. The van der Waals surface area contributed by atoms with Crippen LogP contribution in [0.5, 0.6) is 5.75 Å². The van der Waals surface area contributed by atoms with Crippen LogP contribution in [0.25, 0.3) is 0 Å². The monoisotopic (exact) mass is 514 g/mol. The predicted molar refractivity (Wildman–Crippen MR) is 131 cm³/mol. The van der Waals surface area contributed by atoms with E-state index in [-0.39, 0.29) is 25.2 Å². The van der Waals surface area contributed by atoms with Gasteiger partial charge in [0.15, 0.2) is 0 Å². The fourth-order valence-corrected chi connectivity index (χ4v) is 5.36. The third-order valence-electron chi connectivity index (χ3n) is 7.37. The molecular formula is C26H34N4O7. The molecule has 1 aromatic carbocycles. The predicted octanol–water partition coefficient (Wildman–Crippen LogP) is 0.156. The summed E-state index contributed by atoms with van der Waals surface area (Å²) in [6, 6.07) is 3.84. The maximum atomic E-state index is 13.7. The van der Waals surface area contributed by atoms with Gasteiger partial charge < -0.3 is 29.9 Å². The summed E-state index contributed by atoms with van der Waals surface area (Å²) in [6.07, 6.45) is 2.37. The molecule has 0 unspecified atom stereocenters. The molecule has 2 N–H and O–H groups in total. The zero-order valence-corrected chi connectivity index (χ0v) is 21.2. The molecule has 0 aliphatic carbocycles. The molecule has 3 aliphatic rings. The van der Waals surface area contributed by atoms with Gasteiger partial charge in [-0.2, -0.15) is 0 Å². The van der Waals surface area contributed by atoms with Gasteiger partial charge in [0, 0.05) is 25.9 Å². The molecule has 37 heavy (non-hydrogen) atoms. The Morgan fingerprint density at radius 2 is 1.41 bits per heavy atom. The van der Waals surface area contributed by atoms with Crippen molar-refractivity contribution in [3.63, 3.8) is 0 Å². The fourth-order valence-electron chi connectivity index (χ4n) is 5.36. The second-order valence-electron chi connectivity index (χ2n) is 9.67. The van der Waals surface area contributed by atoms with E-state index in [2.05, 4.69) is 10.6 Å². The molecule has 3 fully saturated rings. The number of carbonyl (C=O) groups is 5. The number of hydrogen-bond acceptors (Lipinski definition) is 7. The van der Waals surface area contributed by atoms with E-state index in [4.69, 9.17) is 9.47 Å². The maximum Gasteiger partial charge on any atom is 0.305 e. The summed E-state index contributed by atoms with van der Waals surface area (Å²) in [5.41, 5.74) is 0.828. The zero-order valence-electron chi connectivity index (χ0n) is 21.2. The molecule has 4 atom stereocenters. The zero-order chi connectivity index (χ0) is 26.5. The molecule has 3 saturated heterocycles. The molecule has 4 rings (SSSR count). The van der Waals surface area contributed by atoms with E-state index < -0.39 is 47.9 Å². The van der Waals surface area contributed by atoms with Crippen LogP contribution >= 0.6 is 0 Å². The first-order chi connectivity index (χ1) is 17.8. The van der Waals surface area contributed by atoms with Crippen molar-refractivity contribution in [3.05, 3.63) is 29.8 Å². The lowest BCUT2D eigenvalue weighted by molar-refractivity contribution is -0.147. The number of hydrogen-bond donors (Lipinski definition) is 2. The number of fused-ring (bicyclic) bond motifs is 2. The molecule has 1 aromatic rings. The van der Waals surface area contributed by atoms with E-state index >= 15 is 0 Å². The first-order valence-corrected chi connectivity index (χ1v) is 12.7. The molecule has 3 aliphatic heterocycles. The van der Waals surface area contributed by atoms with Gasteiger partial charge in [0.2, 0.25) is 23.6 Å². The summed E-state index contributed by atoms with van der Waals surface area (Å²) < 4.78 is 9.91. The SMILES string of the molecule is COC(=O)CC[C@@H]1NC(=O)[C@H]2CCCN2C(=O)[C@H](Cc2ccc(OC)cc2)NC(=O)[C@H]2CCCN2C1=O. The van der Waals surface area contributed by atoms with Gasteiger partial charge in [0.1, 0.15) is 29.9 Å². The minimum Gasteiger partial charge on any atom is -0.497 e. The van der Waals surface area contributed by atoms with Crippen molar-refractivity contribution >= 4 is 29.6 Å². The van der Waals surface area contributed by atoms with Gasteiger partial charge in [0.25, 0.3) is 0 Å². The molecule has 0 spiro atoms. The topological polar surface area (TPSA) is 134 Å². The Labute approximate surface area is 215 Å². The highest BCUT2D eigenvalue weighted by atomic mass is 16.5. The summed E-state index contributed by atoms with van der Waals surface area (Å²) in [5, 5.41) is 5.68. The lowest BCUT2D eigenvalue weighted by Gasteiger charge is -2.34. The molecule has 0 aromatic heterocycles. The molecule has 0 bridgehead atoms. The van der Waals surface area contributed by atoms with Crippen LogP contribution in [-0.2, 0) is 35.1 Å². The molecule has 0 radical (unpaired) electrons. The van der Waals surface area contributed by atoms with E-state index in [1.165, 1.54) is 16.9 Å². The summed E-state index contributed by atoms with van der Waals surface area (Å²) >= 11 is 0. The first kappa shape index (κ1) is 26.4. The van der Waals surface area contributed by atoms with Crippen LogP contribution in [0, 0.1) is 0 Å². The fraction of sp³-hybridized carbons (Fsp3) is 0.577. The van der Waals surface area contributed by atoms with Crippen LogP contribution in [0.3, 0.4) is 0 Å². The van der Waals surface area contributed by atoms with Gasteiger partial charge in [-0.15, -0.1) is 0 Å². The number of carbonyl (C=O) groups excluding carboxylic acids is 5. The third kappa shape index (κ3) is 5.86. The Morgan fingerprint density at radius 1 is 0.865 bits per heavy atom. The van der Waals surface area contributed by atoms with Gasteiger partial charge in [-0.3, -0.25) is 24.0 Å². The quantitative estimate of drug-likeness (QED) is 0.517. The average Bonchev–Trinajstić information content (AvgIpc) is 3.60. The van der Waals surface area contributed by atoms with E-state index in [9.17, 15) is 24.0 Å². The van der Waals surface area contributed by atoms with Crippen molar-refractivity contribution in [1.82, 2.24) is 20.4 Å². The summed E-state index contributed by atoms with van der Waals surface area (Å²) in [6.45, 7) is 0.733. The van der Waals surface area contributed by atoms with Crippen LogP contribution in [-0.4, -0.2) is 90.9 Å². The summed E-state index contributed by atoms with van der Waals surface area (Å²) in [7, 11) is 2.83. The van der Waals surface area contributed by atoms with Gasteiger partial charge in [0.05, 0.1) is 14.2 Å². The molecule has 0 saturated carbocycles. The van der Waals surface area contributed by atoms with Crippen LogP contribution in [0.15, 0.2) is 24.3 Å². The van der Waals surface area contributed by atoms with Crippen LogP contribution in [0.4, 0.5) is 0 Å². The highest BCUT2D eigenvalue weighted by Gasteiger charge is 2.43. The number of ether oxygens (including phenoxy) is 2. The maximum absolute atomic E-state index is 13.7. The number of nitrogens with zero attached hydrogens (tertiary/aromatic N) is 2. The number of esters is 1. The summed E-state index contributed by atoms with van der Waals surface area (Å²) in [5.74, 6) is -1.38. The largest absolute Gasteiger partial charge is 0.497 e. The smallest absolute Gasteiger partial charge is 0.305 e. The van der Waals surface area contributed by atoms with Gasteiger partial charge in [-0.25, -0.2) is 0 Å². The lowest BCUT2D eigenvalue weighted by atomic mass is 10.0. The Morgan fingerprint density at radius 3 is 1.95 bits per heavy atom. The number of methoxy groups -OCH3 is 2. The Hall–Kier alpha value is -3.63. The number of benzene rings is 1. The Bertz CT molecular complexity index is 1040. The molecular weight excluding hydrogens is 480 g/mol. The van der Waals surface area contributed by atoms with Crippen molar-refractivity contribution in [2.45, 2.75) is 69.1 Å². The molecule has 11 nitrogen and oxygen atoms in total. The van der Waals surface area contributed by atoms with Gasteiger partial charge in [-0.1, -0.05) is 12.1 Å². The van der Waals surface area contributed by atoms with E-state index in [1.807, 2.05) is 12.1 Å². The van der Waals surface area contributed by atoms with Crippen LogP contribution in [0.2, 0.25) is 0 Å². The molecule has 200 valence electrons.